The van der Waals surface area contributed by atoms with E-state index in [4.69, 9.17) is 11.6 Å². The molecule has 2 unspecified atom stereocenters. The van der Waals surface area contributed by atoms with Gasteiger partial charge in [0.15, 0.2) is 0 Å². The summed E-state index contributed by atoms with van der Waals surface area (Å²) >= 11 is 5.96. The van der Waals surface area contributed by atoms with Crippen LogP contribution < -0.4 is 10.6 Å². The lowest BCUT2D eigenvalue weighted by Crippen LogP contribution is -2.42. The second-order valence-electron chi connectivity index (χ2n) is 5.42. The van der Waals surface area contributed by atoms with Crippen LogP contribution in [0.3, 0.4) is 0 Å². The van der Waals surface area contributed by atoms with E-state index in [0.717, 1.165) is 13.0 Å². The van der Waals surface area contributed by atoms with Crippen LogP contribution in [0.15, 0.2) is 0 Å². The van der Waals surface area contributed by atoms with E-state index in [1.54, 1.807) is 0 Å². The van der Waals surface area contributed by atoms with Gasteiger partial charge in [0, 0.05) is 25.2 Å². The molecule has 0 spiro atoms. The molecule has 110 valence electrons. The quantitative estimate of drug-likeness (QED) is 0.886. The molecule has 0 saturated carbocycles. The summed E-state index contributed by atoms with van der Waals surface area (Å²) in [5.41, 5.74) is 0. The summed E-state index contributed by atoms with van der Waals surface area (Å²) in [7, 11) is 0. The first-order chi connectivity index (χ1) is 9.76. The Hall–Kier alpha value is -1.14. The summed E-state index contributed by atoms with van der Waals surface area (Å²) in [6.45, 7) is 5.16. The predicted molar refractivity (Wildman–Crippen MR) is 80.2 cm³/mol. The van der Waals surface area contributed by atoms with Gasteiger partial charge in [-0.05, 0) is 44.3 Å². The lowest BCUT2D eigenvalue weighted by molar-refractivity contribution is 0.192. The molecule has 3 heterocycles. The summed E-state index contributed by atoms with van der Waals surface area (Å²) in [6, 6.07) is 1.03. The molecule has 3 rings (SSSR count). The van der Waals surface area contributed by atoms with Crippen molar-refractivity contribution in [1.29, 1.82) is 0 Å². The van der Waals surface area contributed by atoms with Crippen molar-refractivity contribution in [3.63, 3.8) is 0 Å². The van der Waals surface area contributed by atoms with E-state index in [0.29, 0.717) is 24.0 Å². The highest BCUT2D eigenvalue weighted by atomic mass is 35.5. The summed E-state index contributed by atoms with van der Waals surface area (Å²) in [4.78, 5) is 15.2. The van der Waals surface area contributed by atoms with Crippen LogP contribution in [-0.2, 0) is 0 Å². The monoisotopic (exact) mass is 296 g/mol. The Balaban J connectivity index is 1.71. The maximum absolute atomic E-state index is 5.96. The molecule has 0 bridgehead atoms. The Morgan fingerprint density at radius 2 is 2.00 bits per heavy atom. The van der Waals surface area contributed by atoms with Crippen molar-refractivity contribution >= 4 is 23.5 Å². The lowest BCUT2D eigenvalue weighted by Gasteiger charge is -2.32. The highest BCUT2D eigenvalue weighted by Crippen LogP contribution is 2.28. The zero-order valence-corrected chi connectivity index (χ0v) is 12.5. The second kappa shape index (κ2) is 6.10. The van der Waals surface area contributed by atoms with Gasteiger partial charge in [0.25, 0.3) is 0 Å². The summed E-state index contributed by atoms with van der Waals surface area (Å²) in [6.07, 6.45) is 5.05. The van der Waals surface area contributed by atoms with Gasteiger partial charge in [-0.2, -0.15) is 15.0 Å². The third-order valence-electron chi connectivity index (χ3n) is 4.11. The molecule has 20 heavy (non-hydrogen) atoms. The zero-order chi connectivity index (χ0) is 13.9. The van der Waals surface area contributed by atoms with Gasteiger partial charge in [0.1, 0.15) is 0 Å². The van der Waals surface area contributed by atoms with Crippen LogP contribution in [0.2, 0.25) is 5.28 Å². The van der Waals surface area contributed by atoms with E-state index in [1.807, 2.05) is 6.92 Å². The number of nitrogens with one attached hydrogen (secondary N) is 2. The predicted octanol–water partition coefficient (Wildman–Crippen LogP) is 2.00. The molecule has 7 heteroatoms. The van der Waals surface area contributed by atoms with E-state index >= 15 is 0 Å². The molecular weight excluding hydrogens is 276 g/mol. The van der Waals surface area contributed by atoms with Crippen LogP contribution in [0.4, 0.5) is 11.9 Å². The van der Waals surface area contributed by atoms with Gasteiger partial charge in [-0.15, -0.1) is 0 Å². The number of halogens is 1. The summed E-state index contributed by atoms with van der Waals surface area (Å²) < 4.78 is 0. The Morgan fingerprint density at radius 1 is 1.15 bits per heavy atom. The molecule has 0 aliphatic carbocycles. The smallest absolute Gasteiger partial charge is 0.229 e. The Morgan fingerprint density at radius 3 is 2.85 bits per heavy atom. The van der Waals surface area contributed by atoms with Crippen LogP contribution in [0.25, 0.3) is 0 Å². The van der Waals surface area contributed by atoms with Gasteiger partial charge in [-0.25, -0.2) is 0 Å². The molecule has 6 nitrogen and oxygen atoms in total. The van der Waals surface area contributed by atoms with Crippen molar-refractivity contribution in [2.45, 2.75) is 44.7 Å². The van der Waals surface area contributed by atoms with Crippen molar-refractivity contribution in [1.82, 2.24) is 19.9 Å². The Kier molecular flexibility index (Phi) is 4.21. The molecule has 0 aromatic carbocycles. The van der Waals surface area contributed by atoms with Crippen molar-refractivity contribution in [3.05, 3.63) is 5.28 Å². The van der Waals surface area contributed by atoms with E-state index in [9.17, 15) is 0 Å². The van der Waals surface area contributed by atoms with E-state index in [-0.39, 0.29) is 5.28 Å². The number of hydrogen-bond acceptors (Lipinski definition) is 6. The Labute approximate surface area is 124 Å². The van der Waals surface area contributed by atoms with E-state index in [1.165, 1.54) is 32.4 Å². The first kappa shape index (κ1) is 13.8. The molecule has 2 atom stereocenters. The molecule has 0 radical (unpaired) electrons. The minimum absolute atomic E-state index is 0.233. The highest BCUT2D eigenvalue weighted by molar-refractivity contribution is 6.28. The topological polar surface area (TPSA) is 66.0 Å². The zero-order valence-electron chi connectivity index (χ0n) is 11.8. The minimum Gasteiger partial charge on any atom is -0.354 e. The van der Waals surface area contributed by atoms with Crippen LogP contribution >= 0.6 is 11.6 Å². The van der Waals surface area contributed by atoms with Gasteiger partial charge in [0.05, 0.1) is 0 Å². The van der Waals surface area contributed by atoms with Crippen LogP contribution in [0.1, 0.15) is 32.6 Å². The third-order valence-corrected chi connectivity index (χ3v) is 4.28. The van der Waals surface area contributed by atoms with Crippen molar-refractivity contribution in [2.75, 3.05) is 30.3 Å². The highest BCUT2D eigenvalue weighted by Gasteiger charge is 2.35. The third kappa shape index (κ3) is 2.96. The fourth-order valence-electron chi connectivity index (χ4n) is 3.23. The normalized spacial score (nSPS) is 26.3. The molecule has 0 amide bonds. The fraction of sp³-hybridized carbons (Fsp3) is 0.769. The van der Waals surface area contributed by atoms with Crippen molar-refractivity contribution in [3.8, 4) is 0 Å². The van der Waals surface area contributed by atoms with Gasteiger partial charge >= 0.3 is 0 Å². The first-order valence-corrected chi connectivity index (χ1v) is 7.80. The van der Waals surface area contributed by atoms with Crippen molar-refractivity contribution in [2.24, 2.45) is 0 Å². The molecule has 1 aromatic heterocycles. The van der Waals surface area contributed by atoms with Gasteiger partial charge in [-0.1, -0.05) is 6.42 Å². The largest absolute Gasteiger partial charge is 0.354 e. The molecule has 2 aliphatic heterocycles. The molecule has 2 aliphatic rings. The maximum Gasteiger partial charge on any atom is 0.229 e. The number of hydrogen-bond donors (Lipinski definition) is 2. The lowest BCUT2D eigenvalue weighted by atomic mass is 9.99. The number of piperidine rings is 1. The van der Waals surface area contributed by atoms with Crippen molar-refractivity contribution < 1.29 is 0 Å². The molecule has 2 fully saturated rings. The van der Waals surface area contributed by atoms with Gasteiger partial charge in [0.2, 0.25) is 17.2 Å². The molecule has 2 saturated heterocycles. The number of rotatable bonds is 4. The first-order valence-electron chi connectivity index (χ1n) is 7.42. The SMILES string of the molecule is CCNc1nc(Cl)nc(NC2CCN3CCCCC23)n1. The Bertz CT molecular complexity index is 468. The van der Waals surface area contributed by atoms with Gasteiger partial charge in [-0.3, -0.25) is 4.90 Å². The standard InChI is InChI=1S/C13H21ClN6/c1-2-15-12-17-11(14)18-13(19-12)16-9-6-8-20-7-4-3-5-10(9)20/h9-10H,2-8H2,1H3,(H2,15,16,17,18,19). The number of fused-ring (bicyclic) bond motifs is 1. The summed E-state index contributed by atoms with van der Waals surface area (Å²) in [5.74, 6) is 1.12. The van der Waals surface area contributed by atoms with Crippen LogP contribution in [0.5, 0.6) is 0 Å². The minimum atomic E-state index is 0.233. The molecule has 2 N–H and O–H groups in total. The molecular formula is C13H21ClN6. The number of anilines is 2. The average molecular weight is 297 g/mol. The van der Waals surface area contributed by atoms with E-state index in [2.05, 4.69) is 30.5 Å². The summed E-state index contributed by atoms with van der Waals surface area (Å²) in [5, 5.41) is 6.76. The fourth-order valence-corrected chi connectivity index (χ4v) is 3.39. The van der Waals surface area contributed by atoms with Crippen LogP contribution in [0, 0.1) is 0 Å². The van der Waals surface area contributed by atoms with E-state index < -0.39 is 0 Å². The van der Waals surface area contributed by atoms with Gasteiger partial charge < -0.3 is 10.6 Å². The number of aromatic nitrogens is 3. The van der Waals surface area contributed by atoms with Crippen LogP contribution in [-0.4, -0.2) is 51.6 Å². The maximum atomic E-state index is 5.96. The average Bonchev–Trinajstić information content (AvgIpc) is 2.82. The second-order valence-corrected chi connectivity index (χ2v) is 5.76. The number of nitrogens with zero attached hydrogens (tertiary/aromatic N) is 4. The molecule has 1 aromatic rings.